The fourth-order valence-corrected chi connectivity index (χ4v) is 13.2. The summed E-state index contributed by atoms with van der Waals surface area (Å²) in [5, 5.41) is 23.6. The second kappa shape index (κ2) is 15.6. The van der Waals surface area contributed by atoms with Gasteiger partial charge in [-0.3, -0.25) is 19.2 Å². The van der Waals surface area contributed by atoms with Crippen LogP contribution in [0.4, 0.5) is 17.1 Å². The number of anilines is 3. The molecule has 0 bridgehead atoms. The summed E-state index contributed by atoms with van der Waals surface area (Å²) in [6.07, 6.45) is 2.13. The minimum Gasteiger partial charge on any atom is -0.497 e. The van der Waals surface area contributed by atoms with Crippen LogP contribution in [0.2, 0.25) is 18.6 Å². The predicted octanol–water partition coefficient (Wildman–Crippen LogP) is 7.65. The van der Waals surface area contributed by atoms with Crippen LogP contribution in [0.25, 0.3) is 0 Å². The molecule has 1 aromatic heterocycles. The van der Waals surface area contributed by atoms with Crippen molar-refractivity contribution in [2.75, 3.05) is 23.9 Å². The molecule has 1 saturated heterocycles. The molecule has 11 heteroatoms. The predicted molar refractivity (Wildman–Crippen MR) is 224 cm³/mol. The van der Waals surface area contributed by atoms with E-state index in [-0.39, 0.29) is 41.9 Å². The van der Waals surface area contributed by atoms with Gasteiger partial charge < -0.3 is 19.9 Å². The number of ether oxygens (including phenoxy) is 2. The lowest BCUT2D eigenvalue weighted by molar-refractivity contribution is -0.145. The summed E-state index contributed by atoms with van der Waals surface area (Å²) >= 11 is 0. The summed E-state index contributed by atoms with van der Waals surface area (Å²) in [6, 6.07) is 42.6. The van der Waals surface area contributed by atoms with E-state index < -0.39 is 13.7 Å². The molecule has 3 heterocycles. The molecule has 5 atom stereocenters. The number of rotatable bonds is 12. The van der Waals surface area contributed by atoms with Crippen molar-refractivity contribution in [2.24, 2.45) is 5.92 Å². The molecule has 57 heavy (non-hydrogen) atoms. The van der Waals surface area contributed by atoms with Crippen LogP contribution in [0.3, 0.4) is 0 Å². The first kappa shape index (κ1) is 38.0. The number of hydrogen-bond acceptors (Lipinski definition) is 7. The van der Waals surface area contributed by atoms with Crippen molar-refractivity contribution >= 4 is 42.1 Å². The van der Waals surface area contributed by atoms with E-state index in [4.69, 9.17) is 9.47 Å². The molecule has 2 aliphatic heterocycles. The van der Waals surface area contributed by atoms with Crippen LogP contribution in [0.15, 0.2) is 140 Å². The standard InChI is InChI=1S/C46H47N5O5Si/c1-31-43(57(3,4)37-23-21-36(55-2)22-24-37)42(26-27-50-29-40(48-49-50)38(30-52)32-14-8-5-9-15-32)56-46(31)39-28-34(47-44(53)33-16-10-6-11-17-33)20-25-41(39)51(45(46)54)35-18-12-7-13-19-35/h5-25,28-29,31,38,42-43,52H,26-27,30H2,1-4H3,(H,47,53)/t31-,38?,42+,43-,46+/m1/s1. The molecule has 1 fully saturated rings. The van der Waals surface area contributed by atoms with E-state index in [0.717, 1.165) is 28.3 Å². The zero-order valence-electron chi connectivity index (χ0n) is 32.6. The average molecular weight is 778 g/mol. The topological polar surface area (TPSA) is 119 Å². The minimum atomic E-state index is -2.44. The number of amides is 2. The monoisotopic (exact) mass is 777 g/mol. The van der Waals surface area contributed by atoms with E-state index in [1.165, 1.54) is 5.19 Å². The van der Waals surface area contributed by atoms with E-state index in [9.17, 15) is 9.90 Å². The van der Waals surface area contributed by atoms with Gasteiger partial charge in [-0.15, -0.1) is 5.10 Å². The van der Waals surface area contributed by atoms with Gasteiger partial charge in [-0.25, -0.2) is 0 Å². The van der Waals surface area contributed by atoms with E-state index in [1.807, 2.05) is 120 Å². The minimum absolute atomic E-state index is 0.0153. The first-order valence-electron chi connectivity index (χ1n) is 19.4. The van der Waals surface area contributed by atoms with Gasteiger partial charge in [-0.05, 0) is 72.1 Å². The molecule has 0 radical (unpaired) electrons. The van der Waals surface area contributed by atoms with Gasteiger partial charge in [0.1, 0.15) is 5.75 Å². The molecule has 1 spiro atoms. The van der Waals surface area contributed by atoms with Gasteiger partial charge in [0.05, 0.1) is 45.2 Å². The average Bonchev–Trinajstić information content (AvgIpc) is 3.91. The Hall–Kier alpha value is -5.88. The summed E-state index contributed by atoms with van der Waals surface area (Å²) in [6.45, 7) is 7.28. The molecule has 2 amide bonds. The normalized spacial score (nSPS) is 20.8. The smallest absolute Gasteiger partial charge is 0.268 e. The van der Waals surface area contributed by atoms with Gasteiger partial charge in [0.2, 0.25) is 0 Å². The Morgan fingerprint density at radius 3 is 2.26 bits per heavy atom. The zero-order chi connectivity index (χ0) is 39.7. The number of aromatic nitrogens is 3. The lowest BCUT2D eigenvalue weighted by Crippen LogP contribution is -2.51. The maximum atomic E-state index is 15.4. The van der Waals surface area contributed by atoms with E-state index in [1.54, 1.807) is 24.1 Å². The third kappa shape index (κ3) is 6.85. The maximum Gasteiger partial charge on any atom is 0.268 e. The number of carbonyl (C=O) groups excluding carboxylic acids is 2. The van der Waals surface area contributed by atoms with E-state index >= 15 is 4.79 Å². The van der Waals surface area contributed by atoms with Crippen LogP contribution >= 0.6 is 0 Å². The van der Waals surface area contributed by atoms with Crippen LogP contribution in [-0.4, -0.2) is 59.8 Å². The molecule has 8 rings (SSSR count). The number of nitrogens with one attached hydrogen (secondary N) is 1. The second-order valence-electron chi connectivity index (χ2n) is 15.5. The highest BCUT2D eigenvalue weighted by Crippen LogP contribution is 2.61. The van der Waals surface area contributed by atoms with Crippen LogP contribution in [0, 0.1) is 5.92 Å². The molecule has 290 valence electrons. The fraction of sp³-hybridized carbons (Fsp3) is 0.261. The van der Waals surface area contributed by atoms with Crippen molar-refractivity contribution in [1.82, 2.24) is 15.0 Å². The van der Waals surface area contributed by atoms with Crippen molar-refractivity contribution in [3.05, 3.63) is 162 Å². The highest BCUT2D eigenvalue weighted by Gasteiger charge is 2.66. The summed E-state index contributed by atoms with van der Waals surface area (Å²) in [4.78, 5) is 30.5. The quantitative estimate of drug-likeness (QED) is 0.123. The Kier molecular flexibility index (Phi) is 10.4. The Morgan fingerprint density at radius 1 is 0.930 bits per heavy atom. The van der Waals surface area contributed by atoms with Crippen molar-refractivity contribution in [3.8, 4) is 5.75 Å². The summed E-state index contributed by atoms with van der Waals surface area (Å²) in [7, 11) is -0.771. The third-order valence-corrected chi connectivity index (χ3v) is 16.4. The van der Waals surface area contributed by atoms with Crippen LogP contribution in [0.1, 0.15) is 46.4 Å². The molecular weight excluding hydrogens is 731 g/mol. The summed E-state index contributed by atoms with van der Waals surface area (Å²) < 4.78 is 14.7. The Labute approximate surface area is 334 Å². The van der Waals surface area contributed by atoms with Crippen molar-refractivity contribution < 1.29 is 24.2 Å². The molecule has 0 aliphatic carbocycles. The van der Waals surface area contributed by atoms with Gasteiger partial charge in [0.25, 0.3) is 11.8 Å². The van der Waals surface area contributed by atoms with Gasteiger partial charge in [-0.2, -0.15) is 0 Å². The van der Waals surface area contributed by atoms with Crippen LogP contribution < -0.4 is 20.1 Å². The molecule has 1 unspecified atom stereocenters. The first-order chi connectivity index (χ1) is 27.6. The van der Waals surface area contributed by atoms with E-state index in [0.29, 0.717) is 29.9 Å². The molecule has 6 aromatic rings. The number of para-hydroxylation sites is 1. The summed E-state index contributed by atoms with van der Waals surface area (Å²) in [5.41, 5.74) is 3.64. The lowest BCUT2D eigenvalue weighted by Gasteiger charge is -2.37. The largest absolute Gasteiger partial charge is 0.497 e. The maximum absolute atomic E-state index is 15.4. The molecule has 2 aliphatic rings. The number of fused-ring (bicyclic) bond motifs is 2. The highest BCUT2D eigenvalue weighted by atomic mass is 28.3. The molecule has 5 aromatic carbocycles. The number of nitrogens with zero attached hydrogens (tertiary/aromatic N) is 4. The van der Waals surface area contributed by atoms with Gasteiger partial charge >= 0.3 is 0 Å². The molecular formula is C46H47N5O5Si. The van der Waals surface area contributed by atoms with Crippen LogP contribution in [-0.2, 0) is 21.7 Å². The van der Waals surface area contributed by atoms with Crippen molar-refractivity contribution in [2.45, 2.75) is 56.1 Å². The highest BCUT2D eigenvalue weighted by molar-refractivity contribution is 6.91. The lowest BCUT2D eigenvalue weighted by atomic mass is 9.82. The Morgan fingerprint density at radius 2 is 1.60 bits per heavy atom. The number of aryl methyl sites for hydroxylation is 1. The number of methoxy groups -OCH3 is 1. The zero-order valence-corrected chi connectivity index (χ0v) is 33.6. The molecule has 2 N–H and O–H groups in total. The van der Waals surface area contributed by atoms with Crippen molar-refractivity contribution in [1.29, 1.82) is 0 Å². The fourth-order valence-electron chi connectivity index (χ4n) is 9.11. The van der Waals surface area contributed by atoms with Crippen LogP contribution in [0.5, 0.6) is 5.75 Å². The third-order valence-electron chi connectivity index (χ3n) is 12.0. The van der Waals surface area contributed by atoms with E-state index in [2.05, 4.69) is 47.8 Å². The Balaban J connectivity index is 1.20. The van der Waals surface area contributed by atoms with Gasteiger partial charge in [0.15, 0.2) is 5.60 Å². The Bertz CT molecular complexity index is 2360. The number of aliphatic hydroxyl groups excluding tert-OH is 1. The SMILES string of the molecule is COc1ccc([Si](C)(C)[C@H]2[C@H](CCn3cc(C(CO)c4ccccc4)nn3)O[C@@]3(C(=O)N(c4ccccc4)c4ccc(NC(=O)c5ccccc5)cc43)[C@@H]2C)cc1. The van der Waals surface area contributed by atoms with Gasteiger partial charge in [-0.1, -0.05) is 109 Å². The number of benzene rings is 5. The second-order valence-corrected chi connectivity index (χ2v) is 20.2. The number of hydrogen-bond donors (Lipinski definition) is 2. The first-order valence-corrected chi connectivity index (χ1v) is 22.5. The molecule has 0 saturated carbocycles. The van der Waals surface area contributed by atoms with Gasteiger partial charge in [0, 0.05) is 41.2 Å². The summed E-state index contributed by atoms with van der Waals surface area (Å²) in [5.74, 6) is -0.149. The molecule has 10 nitrogen and oxygen atoms in total. The van der Waals surface area contributed by atoms with Crippen molar-refractivity contribution in [3.63, 3.8) is 0 Å². The number of carbonyl (C=O) groups is 2. The number of aliphatic hydroxyl groups is 1.